The first-order valence-corrected chi connectivity index (χ1v) is 9.40. The molecule has 1 atom stereocenters. The summed E-state index contributed by atoms with van der Waals surface area (Å²) in [5, 5.41) is 0. The number of fused-ring (bicyclic) bond motifs is 3. The fraction of sp³-hybridized carbons (Fsp3) is 0.875. The summed E-state index contributed by atoms with van der Waals surface area (Å²) in [5.41, 5.74) is -0.523. The van der Waals surface area contributed by atoms with Gasteiger partial charge in [0.15, 0.2) is 0 Å². The van der Waals surface area contributed by atoms with E-state index in [1.165, 1.54) is 0 Å². The van der Waals surface area contributed by atoms with E-state index >= 15 is 0 Å². The van der Waals surface area contributed by atoms with Crippen molar-refractivity contribution in [3.05, 3.63) is 0 Å². The zero-order valence-corrected chi connectivity index (χ0v) is 14.5. The minimum atomic E-state index is -0.523. The first kappa shape index (κ1) is 16.0. The van der Waals surface area contributed by atoms with Crippen molar-refractivity contribution < 1.29 is 14.3 Å². The highest BCUT2D eigenvalue weighted by Crippen LogP contribution is 2.41. The molecular weight excluding hydrogens is 300 g/mol. The molecule has 1 saturated carbocycles. The molecule has 0 N–H and O–H groups in total. The predicted octanol–water partition coefficient (Wildman–Crippen LogP) is 2.70. The molecular formula is C16H26N2O3S. The van der Waals surface area contributed by atoms with Gasteiger partial charge < -0.3 is 9.64 Å². The van der Waals surface area contributed by atoms with Crippen LogP contribution in [0.5, 0.6) is 0 Å². The maximum absolute atomic E-state index is 12.9. The number of thioether (sulfide) groups is 1. The van der Waals surface area contributed by atoms with Crippen molar-refractivity contribution in [2.75, 3.05) is 18.2 Å². The Morgan fingerprint density at radius 3 is 2.36 bits per heavy atom. The van der Waals surface area contributed by atoms with Gasteiger partial charge in [0, 0.05) is 18.3 Å². The molecule has 5 nitrogen and oxygen atoms in total. The van der Waals surface area contributed by atoms with Crippen LogP contribution < -0.4 is 0 Å². The van der Waals surface area contributed by atoms with Gasteiger partial charge in [0.1, 0.15) is 11.6 Å². The summed E-state index contributed by atoms with van der Waals surface area (Å²) in [4.78, 5) is 29.3. The summed E-state index contributed by atoms with van der Waals surface area (Å²) in [6, 6.07) is -0.134. The lowest BCUT2D eigenvalue weighted by Gasteiger charge is -2.50. The molecule has 4 rings (SSSR count). The molecule has 22 heavy (non-hydrogen) atoms. The van der Waals surface area contributed by atoms with Crippen LogP contribution in [-0.4, -0.2) is 57.7 Å². The van der Waals surface area contributed by atoms with E-state index in [0.29, 0.717) is 5.92 Å². The second kappa shape index (κ2) is 5.95. The Kier molecular flexibility index (Phi) is 4.32. The number of rotatable bonds is 1. The van der Waals surface area contributed by atoms with Crippen LogP contribution in [0.25, 0.3) is 0 Å². The second-order valence-electron chi connectivity index (χ2n) is 7.54. The third kappa shape index (κ3) is 3.07. The minimum Gasteiger partial charge on any atom is -0.444 e. The summed E-state index contributed by atoms with van der Waals surface area (Å²) in [6.45, 7) is 6.43. The maximum atomic E-state index is 12.9. The molecule has 2 bridgehead atoms. The Balaban J connectivity index is 1.80. The molecule has 2 amide bonds. The van der Waals surface area contributed by atoms with Crippen LogP contribution in [0, 0.1) is 5.92 Å². The van der Waals surface area contributed by atoms with E-state index in [1.807, 2.05) is 25.7 Å². The Morgan fingerprint density at radius 1 is 1.14 bits per heavy atom. The normalized spacial score (nSPS) is 31.5. The number of carbonyl (C=O) groups excluding carboxylic acids is 2. The Bertz CT molecular complexity index is 449. The standard InChI is InChI=1S/C16H26N2O3S/c1-16(2,3)21-15(20)18-12-6-4-11(5-7-12)13(18)14(19)17-8-9-22-10-17/h11-13H,4-10H2,1-3H3/t11?,12?,13-/m0/s1. The zero-order chi connectivity index (χ0) is 15.9. The van der Waals surface area contributed by atoms with Gasteiger partial charge in [-0.15, -0.1) is 11.8 Å². The molecule has 0 unspecified atom stereocenters. The fourth-order valence-electron chi connectivity index (χ4n) is 3.82. The van der Waals surface area contributed by atoms with Crippen molar-refractivity contribution >= 4 is 23.8 Å². The number of nitrogens with zero attached hydrogens (tertiary/aromatic N) is 2. The van der Waals surface area contributed by atoms with Crippen molar-refractivity contribution in [1.82, 2.24) is 9.80 Å². The summed E-state index contributed by atoms with van der Waals surface area (Å²) < 4.78 is 5.58. The SMILES string of the molecule is CC(C)(C)OC(=O)N1C2CCC(CC2)[C@H]1C(=O)N1CCSC1. The molecule has 0 spiro atoms. The van der Waals surface area contributed by atoms with E-state index in [9.17, 15) is 9.59 Å². The molecule has 6 heteroatoms. The van der Waals surface area contributed by atoms with Gasteiger partial charge in [0.2, 0.25) is 5.91 Å². The largest absolute Gasteiger partial charge is 0.444 e. The molecule has 0 aromatic carbocycles. The highest BCUT2D eigenvalue weighted by atomic mass is 32.2. The van der Waals surface area contributed by atoms with Gasteiger partial charge in [-0.1, -0.05) is 0 Å². The minimum absolute atomic E-state index is 0.130. The number of amides is 2. The van der Waals surface area contributed by atoms with E-state index in [0.717, 1.165) is 43.9 Å². The highest BCUT2D eigenvalue weighted by molar-refractivity contribution is 7.99. The zero-order valence-electron chi connectivity index (χ0n) is 13.7. The Hall–Kier alpha value is -0.910. The third-order valence-electron chi connectivity index (χ3n) is 4.80. The highest BCUT2D eigenvalue weighted by Gasteiger charge is 2.50. The van der Waals surface area contributed by atoms with Gasteiger partial charge in [0.25, 0.3) is 0 Å². The molecule has 4 fully saturated rings. The monoisotopic (exact) mass is 326 g/mol. The topological polar surface area (TPSA) is 49.9 Å². The van der Waals surface area contributed by atoms with Gasteiger partial charge in [-0.2, -0.15) is 0 Å². The number of piperidine rings is 2. The van der Waals surface area contributed by atoms with Gasteiger partial charge in [-0.3, -0.25) is 9.69 Å². The summed E-state index contributed by atoms with van der Waals surface area (Å²) >= 11 is 1.78. The summed E-state index contributed by atoms with van der Waals surface area (Å²) in [5.74, 6) is 2.19. The lowest BCUT2D eigenvalue weighted by atomic mass is 9.74. The number of ether oxygens (including phenoxy) is 1. The quantitative estimate of drug-likeness (QED) is 0.743. The van der Waals surface area contributed by atoms with Crippen molar-refractivity contribution in [3.63, 3.8) is 0 Å². The number of hydrogen-bond donors (Lipinski definition) is 0. The second-order valence-corrected chi connectivity index (χ2v) is 8.61. The molecule has 0 aromatic heterocycles. The van der Waals surface area contributed by atoms with Crippen LogP contribution in [0.15, 0.2) is 0 Å². The van der Waals surface area contributed by atoms with Crippen LogP contribution in [-0.2, 0) is 9.53 Å². The molecule has 124 valence electrons. The van der Waals surface area contributed by atoms with Crippen LogP contribution in [0.2, 0.25) is 0 Å². The van der Waals surface area contributed by atoms with Gasteiger partial charge >= 0.3 is 6.09 Å². The van der Waals surface area contributed by atoms with Crippen molar-refractivity contribution in [2.45, 2.75) is 64.1 Å². The van der Waals surface area contributed by atoms with Crippen molar-refractivity contribution in [1.29, 1.82) is 0 Å². The summed E-state index contributed by atoms with van der Waals surface area (Å²) in [7, 11) is 0. The molecule has 0 aromatic rings. The Morgan fingerprint density at radius 2 is 1.82 bits per heavy atom. The van der Waals surface area contributed by atoms with E-state index in [-0.39, 0.29) is 24.1 Å². The van der Waals surface area contributed by atoms with Gasteiger partial charge in [-0.25, -0.2) is 4.79 Å². The molecule has 3 saturated heterocycles. The van der Waals surface area contributed by atoms with Gasteiger partial charge in [0.05, 0.1) is 5.88 Å². The maximum Gasteiger partial charge on any atom is 0.411 e. The Labute approximate surface area is 136 Å². The first-order valence-electron chi connectivity index (χ1n) is 8.24. The van der Waals surface area contributed by atoms with E-state index < -0.39 is 5.60 Å². The van der Waals surface area contributed by atoms with Crippen molar-refractivity contribution in [2.24, 2.45) is 5.92 Å². The van der Waals surface area contributed by atoms with Gasteiger partial charge in [-0.05, 0) is 52.4 Å². The van der Waals surface area contributed by atoms with Crippen LogP contribution >= 0.6 is 11.8 Å². The average Bonchev–Trinajstić information content (AvgIpc) is 2.99. The lowest BCUT2D eigenvalue weighted by molar-refractivity contribution is -0.144. The summed E-state index contributed by atoms with van der Waals surface area (Å²) in [6.07, 6.45) is 3.81. The molecule has 1 aliphatic carbocycles. The number of hydrogen-bond acceptors (Lipinski definition) is 4. The van der Waals surface area contributed by atoms with E-state index in [1.54, 1.807) is 16.7 Å². The average molecular weight is 326 g/mol. The molecule has 0 radical (unpaired) electrons. The predicted molar refractivity (Wildman–Crippen MR) is 86.6 cm³/mol. The molecule has 3 aliphatic heterocycles. The lowest BCUT2D eigenvalue weighted by Crippen LogP contribution is -2.63. The molecule has 4 aliphatic rings. The van der Waals surface area contributed by atoms with E-state index in [4.69, 9.17) is 4.74 Å². The third-order valence-corrected chi connectivity index (χ3v) is 5.77. The number of carbonyl (C=O) groups is 2. The van der Waals surface area contributed by atoms with Crippen LogP contribution in [0.1, 0.15) is 46.5 Å². The van der Waals surface area contributed by atoms with Crippen LogP contribution in [0.3, 0.4) is 0 Å². The smallest absolute Gasteiger partial charge is 0.411 e. The molecule has 3 heterocycles. The van der Waals surface area contributed by atoms with Crippen LogP contribution in [0.4, 0.5) is 4.79 Å². The van der Waals surface area contributed by atoms with Crippen molar-refractivity contribution in [3.8, 4) is 0 Å². The first-order chi connectivity index (χ1) is 10.4. The fourth-order valence-corrected chi connectivity index (χ4v) is 4.78. The van der Waals surface area contributed by atoms with E-state index in [2.05, 4.69) is 0 Å².